The van der Waals surface area contributed by atoms with Crippen LogP contribution in [0.5, 0.6) is 0 Å². The first-order valence-corrected chi connectivity index (χ1v) is 11.3. The van der Waals surface area contributed by atoms with E-state index in [2.05, 4.69) is 53.2 Å². The largest absolute Gasteiger partial charge is 0.344 e. The van der Waals surface area contributed by atoms with Gasteiger partial charge in [-0.05, 0) is 49.8 Å². The van der Waals surface area contributed by atoms with Crippen molar-refractivity contribution < 1.29 is 9.59 Å². The van der Waals surface area contributed by atoms with Crippen LogP contribution in [0, 0.1) is 0 Å². The second-order valence-corrected chi connectivity index (χ2v) is 9.07. The molecule has 33 heavy (non-hydrogen) atoms. The number of hydrogen-bond donors (Lipinski definition) is 1. The van der Waals surface area contributed by atoms with Gasteiger partial charge in [0.2, 0.25) is 0 Å². The lowest BCUT2D eigenvalue weighted by Crippen LogP contribution is -2.20. The SMILES string of the molecule is CN(C)CC/C=C/c1ccc2c3c4c(c(-c5ccccc5Cl)cc3n(C)c2c1)C(=O)NC4=O. The van der Waals surface area contributed by atoms with E-state index in [0.29, 0.717) is 21.7 Å². The molecule has 2 amide bonds. The molecule has 1 N–H and O–H groups in total. The van der Waals surface area contributed by atoms with Gasteiger partial charge >= 0.3 is 0 Å². The Kier molecular flexibility index (Phi) is 5.31. The third kappa shape index (κ3) is 3.54. The number of aryl methyl sites for hydroxylation is 1. The highest BCUT2D eigenvalue weighted by Crippen LogP contribution is 2.41. The van der Waals surface area contributed by atoms with Gasteiger partial charge in [0.1, 0.15) is 0 Å². The first-order chi connectivity index (χ1) is 15.9. The molecule has 2 heterocycles. The van der Waals surface area contributed by atoms with Gasteiger partial charge in [0.05, 0.1) is 16.6 Å². The Morgan fingerprint density at radius 3 is 2.48 bits per heavy atom. The summed E-state index contributed by atoms with van der Waals surface area (Å²) in [4.78, 5) is 27.9. The molecule has 0 bridgehead atoms. The molecule has 0 saturated carbocycles. The van der Waals surface area contributed by atoms with E-state index < -0.39 is 0 Å². The summed E-state index contributed by atoms with van der Waals surface area (Å²) in [6.07, 6.45) is 5.26. The second-order valence-electron chi connectivity index (χ2n) is 8.66. The highest BCUT2D eigenvalue weighted by Gasteiger charge is 2.34. The van der Waals surface area contributed by atoms with E-state index in [1.165, 1.54) is 0 Å². The zero-order chi connectivity index (χ0) is 23.3. The summed E-state index contributed by atoms with van der Waals surface area (Å²) in [7, 11) is 6.11. The van der Waals surface area contributed by atoms with Crippen LogP contribution < -0.4 is 5.32 Å². The molecule has 0 fully saturated rings. The van der Waals surface area contributed by atoms with Gasteiger partial charge in [0.15, 0.2) is 0 Å². The molecular formula is C27H24ClN3O2. The van der Waals surface area contributed by atoms with Crippen molar-refractivity contribution in [2.75, 3.05) is 20.6 Å². The number of amides is 2. The number of aromatic nitrogens is 1. The molecule has 0 saturated heterocycles. The maximum Gasteiger partial charge on any atom is 0.259 e. The first-order valence-electron chi connectivity index (χ1n) is 10.9. The number of carbonyl (C=O) groups is 2. The van der Waals surface area contributed by atoms with Crippen LogP contribution in [-0.2, 0) is 7.05 Å². The molecule has 6 heteroatoms. The summed E-state index contributed by atoms with van der Waals surface area (Å²) in [5, 5.41) is 4.77. The Labute approximate surface area is 197 Å². The maximum atomic E-state index is 12.9. The van der Waals surface area contributed by atoms with E-state index in [1.807, 2.05) is 37.4 Å². The van der Waals surface area contributed by atoms with Crippen molar-refractivity contribution in [2.45, 2.75) is 6.42 Å². The topological polar surface area (TPSA) is 54.3 Å². The normalized spacial score (nSPS) is 13.6. The van der Waals surface area contributed by atoms with Gasteiger partial charge in [-0.15, -0.1) is 0 Å². The van der Waals surface area contributed by atoms with Crippen molar-refractivity contribution in [3.05, 3.63) is 76.3 Å². The van der Waals surface area contributed by atoms with Crippen LogP contribution in [0.4, 0.5) is 0 Å². The third-order valence-corrected chi connectivity index (χ3v) is 6.55. The van der Waals surface area contributed by atoms with E-state index in [9.17, 15) is 9.59 Å². The number of fused-ring (bicyclic) bond motifs is 5. The minimum Gasteiger partial charge on any atom is -0.344 e. The minimum atomic E-state index is -0.385. The van der Waals surface area contributed by atoms with Crippen LogP contribution >= 0.6 is 11.6 Å². The number of nitrogens with zero attached hydrogens (tertiary/aromatic N) is 2. The Morgan fingerprint density at radius 1 is 0.970 bits per heavy atom. The van der Waals surface area contributed by atoms with Gasteiger partial charge in [0.25, 0.3) is 11.8 Å². The Bertz CT molecular complexity index is 1480. The van der Waals surface area contributed by atoms with Crippen LogP contribution in [0.1, 0.15) is 32.7 Å². The molecule has 166 valence electrons. The van der Waals surface area contributed by atoms with Crippen LogP contribution in [0.2, 0.25) is 5.02 Å². The molecule has 0 spiro atoms. The van der Waals surface area contributed by atoms with Crippen molar-refractivity contribution in [1.82, 2.24) is 14.8 Å². The van der Waals surface area contributed by atoms with Gasteiger partial charge in [-0.1, -0.05) is 54.1 Å². The summed E-state index contributed by atoms with van der Waals surface area (Å²) in [5.41, 5.74) is 5.20. The van der Waals surface area contributed by atoms with Gasteiger partial charge in [-0.25, -0.2) is 0 Å². The van der Waals surface area contributed by atoms with Crippen LogP contribution in [0.15, 0.2) is 54.6 Å². The molecule has 5 nitrogen and oxygen atoms in total. The van der Waals surface area contributed by atoms with E-state index >= 15 is 0 Å². The smallest absolute Gasteiger partial charge is 0.259 e. The predicted octanol–water partition coefficient (Wildman–Crippen LogP) is 5.50. The van der Waals surface area contributed by atoms with E-state index in [-0.39, 0.29) is 11.8 Å². The molecular weight excluding hydrogens is 434 g/mol. The first kappa shape index (κ1) is 21.4. The molecule has 0 atom stereocenters. The lowest BCUT2D eigenvalue weighted by Gasteiger charge is -2.10. The molecule has 4 aromatic rings. The van der Waals surface area contributed by atoms with Gasteiger partial charge in [-0.2, -0.15) is 0 Å². The second kappa shape index (κ2) is 8.18. The number of rotatable bonds is 5. The summed E-state index contributed by atoms with van der Waals surface area (Å²) in [5.74, 6) is -0.752. The monoisotopic (exact) mass is 457 g/mol. The zero-order valence-electron chi connectivity index (χ0n) is 18.8. The van der Waals surface area contributed by atoms with E-state index in [4.69, 9.17) is 11.6 Å². The van der Waals surface area contributed by atoms with E-state index in [1.54, 1.807) is 6.07 Å². The van der Waals surface area contributed by atoms with Crippen molar-refractivity contribution >= 4 is 51.3 Å². The predicted molar refractivity (Wildman–Crippen MR) is 135 cm³/mol. The highest BCUT2D eigenvalue weighted by molar-refractivity contribution is 6.36. The molecule has 0 aliphatic carbocycles. The molecule has 1 aliphatic heterocycles. The molecule has 1 aliphatic rings. The molecule has 1 aromatic heterocycles. The molecule has 0 unspecified atom stereocenters. The summed E-state index contributed by atoms with van der Waals surface area (Å²) in [6, 6.07) is 15.6. The van der Waals surface area contributed by atoms with Crippen molar-refractivity contribution in [3.63, 3.8) is 0 Å². The maximum absolute atomic E-state index is 12.9. The number of benzene rings is 3. The van der Waals surface area contributed by atoms with Gasteiger partial charge in [-0.3, -0.25) is 14.9 Å². The number of hydrogen-bond acceptors (Lipinski definition) is 3. The fourth-order valence-corrected chi connectivity index (χ4v) is 4.85. The molecule has 5 rings (SSSR count). The molecule has 0 radical (unpaired) electrons. The number of carbonyl (C=O) groups excluding carboxylic acids is 2. The quantitative estimate of drug-likeness (QED) is 0.402. The van der Waals surface area contributed by atoms with E-state index in [0.717, 1.165) is 45.9 Å². The van der Waals surface area contributed by atoms with Crippen LogP contribution in [0.3, 0.4) is 0 Å². The molecule has 3 aromatic carbocycles. The minimum absolute atomic E-state index is 0.367. The number of nitrogens with one attached hydrogen (secondary N) is 1. The summed E-state index contributed by atoms with van der Waals surface area (Å²) >= 11 is 6.48. The van der Waals surface area contributed by atoms with Crippen LogP contribution in [0.25, 0.3) is 39.0 Å². The average Bonchev–Trinajstić information content (AvgIpc) is 3.24. The fraction of sp³-hybridized carbons (Fsp3) is 0.185. The lowest BCUT2D eigenvalue weighted by atomic mass is 9.93. The van der Waals surface area contributed by atoms with Crippen molar-refractivity contribution in [2.24, 2.45) is 7.05 Å². The standard InChI is InChI=1S/C27H24ClN3O2/c1-30(2)13-7-6-8-16-11-12-18-21(14-16)31(3)22-15-19(17-9-4-5-10-20(17)28)24-25(23(18)22)27(33)29-26(24)32/h4-6,8-12,14-15H,7,13H2,1-3H3,(H,29,32,33)/b8-6+. The van der Waals surface area contributed by atoms with Gasteiger partial charge in [0, 0.05) is 40.5 Å². The van der Waals surface area contributed by atoms with Crippen molar-refractivity contribution in [1.29, 1.82) is 0 Å². The highest BCUT2D eigenvalue weighted by atomic mass is 35.5. The Balaban J connectivity index is 1.75. The number of halogens is 1. The number of imide groups is 1. The Hall–Kier alpha value is -3.41. The zero-order valence-corrected chi connectivity index (χ0v) is 19.5. The Morgan fingerprint density at radius 2 is 1.73 bits per heavy atom. The summed E-state index contributed by atoms with van der Waals surface area (Å²) in [6.45, 7) is 0.993. The average molecular weight is 458 g/mol. The van der Waals surface area contributed by atoms with Gasteiger partial charge < -0.3 is 9.47 Å². The van der Waals surface area contributed by atoms with Crippen LogP contribution in [-0.4, -0.2) is 41.9 Å². The third-order valence-electron chi connectivity index (χ3n) is 6.22. The lowest BCUT2D eigenvalue weighted by molar-refractivity contribution is 0.0880. The van der Waals surface area contributed by atoms with Crippen molar-refractivity contribution in [3.8, 4) is 11.1 Å². The fourth-order valence-electron chi connectivity index (χ4n) is 4.61. The summed E-state index contributed by atoms with van der Waals surface area (Å²) < 4.78 is 2.08.